The molecule has 4 heteroatoms. The molecule has 0 radical (unpaired) electrons. The van der Waals surface area contributed by atoms with Gasteiger partial charge in [0.25, 0.3) is 0 Å². The summed E-state index contributed by atoms with van der Waals surface area (Å²) in [5.41, 5.74) is 6.07. The molecule has 1 amide bonds. The summed E-state index contributed by atoms with van der Waals surface area (Å²) in [6, 6.07) is 16.8. The van der Waals surface area contributed by atoms with E-state index in [4.69, 9.17) is 0 Å². The Bertz CT molecular complexity index is 1130. The molecule has 1 aliphatic heterocycles. The van der Waals surface area contributed by atoms with E-state index in [9.17, 15) is 4.79 Å². The number of aryl methyl sites for hydroxylation is 1. The van der Waals surface area contributed by atoms with Gasteiger partial charge in [-0.15, -0.1) is 0 Å². The summed E-state index contributed by atoms with van der Waals surface area (Å²) in [7, 11) is 0. The standard InChI is InChI=1S/C22H21N3O/c1-15-6-7-21-16(12-15)8-10-24(21)14-22(26)25-11-9-20-18(13-25)17-4-2-3-5-19(17)23-20/h2-8,10,12,23H,9,11,13-14H2,1H3. The van der Waals surface area contributed by atoms with Crippen LogP contribution >= 0.6 is 0 Å². The van der Waals surface area contributed by atoms with E-state index in [2.05, 4.69) is 58.9 Å². The van der Waals surface area contributed by atoms with E-state index in [1.165, 1.54) is 33.1 Å². The first-order valence-electron chi connectivity index (χ1n) is 9.11. The highest BCUT2D eigenvalue weighted by atomic mass is 16.2. The van der Waals surface area contributed by atoms with Gasteiger partial charge in [-0.25, -0.2) is 0 Å². The summed E-state index contributed by atoms with van der Waals surface area (Å²) in [5, 5.41) is 2.43. The number of fused-ring (bicyclic) bond motifs is 4. The number of nitrogens with one attached hydrogen (secondary N) is 1. The Morgan fingerprint density at radius 2 is 2.04 bits per heavy atom. The molecule has 130 valence electrons. The molecule has 1 N–H and O–H groups in total. The van der Waals surface area contributed by atoms with Crippen LogP contribution in [0, 0.1) is 6.92 Å². The summed E-state index contributed by atoms with van der Waals surface area (Å²) in [6.07, 6.45) is 2.91. The maximum atomic E-state index is 12.9. The lowest BCUT2D eigenvalue weighted by Gasteiger charge is -2.27. The molecule has 2 aromatic carbocycles. The number of nitrogens with zero attached hydrogens (tertiary/aromatic N) is 2. The van der Waals surface area contributed by atoms with Gasteiger partial charge in [-0.2, -0.15) is 0 Å². The average molecular weight is 343 g/mol. The zero-order valence-corrected chi connectivity index (χ0v) is 14.8. The van der Waals surface area contributed by atoms with Crippen molar-refractivity contribution in [1.82, 2.24) is 14.5 Å². The lowest BCUT2D eigenvalue weighted by Crippen LogP contribution is -2.37. The van der Waals surface area contributed by atoms with E-state index in [0.29, 0.717) is 13.1 Å². The maximum absolute atomic E-state index is 12.9. The van der Waals surface area contributed by atoms with Crippen molar-refractivity contribution in [3.05, 3.63) is 71.5 Å². The number of benzene rings is 2. The summed E-state index contributed by atoms with van der Waals surface area (Å²) in [4.78, 5) is 18.4. The van der Waals surface area contributed by atoms with Crippen molar-refractivity contribution >= 4 is 27.7 Å². The molecule has 26 heavy (non-hydrogen) atoms. The Labute approximate surface area is 152 Å². The number of carbonyl (C=O) groups is 1. The van der Waals surface area contributed by atoms with Gasteiger partial charge in [0, 0.05) is 53.4 Å². The quantitative estimate of drug-likeness (QED) is 0.587. The fraction of sp³-hybridized carbons (Fsp3) is 0.227. The Balaban J connectivity index is 1.41. The minimum Gasteiger partial charge on any atom is -0.358 e. The summed E-state index contributed by atoms with van der Waals surface area (Å²) in [5.74, 6) is 0.180. The number of carbonyl (C=O) groups excluding carboxylic acids is 1. The molecule has 1 aliphatic rings. The van der Waals surface area contributed by atoms with E-state index in [-0.39, 0.29) is 5.91 Å². The van der Waals surface area contributed by atoms with E-state index < -0.39 is 0 Å². The van der Waals surface area contributed by atoms with Gasteiger partial charge < -0.3 is 14.5 Å². The summed E-state index contributed by atoms with van der Waals surface area (Å²) in [6.45, 7) is 3.95. The molecular formula is C22H21N3O. The van der Waals surface area contributed by atoms with Gasteiger partial charge >= 0.3 is 0 Å². The van der Waals surface area contributed by atoms with Crippen molar-refractivity contribution in [1.29, 1.82) is 0 Å². The summed E-state index contributed by atoms with van der Waals surface area (Å²) >= 11 is 0. The van der Waals surface area contributed by atoms with Crippen LogP contribution in [0.2, 0.25) is 0 Å². The molecule has 4 aromatic rings. The van der Waals surface area contributed by atoms with Crippen LogP contribution < -0.4 is 0 Å². The number of hydrogen-bond acceptors (Lipinski definition) is 1. The van der Waals surface area contributed by atoms with Crippen molar-refractivity contribution in [2.24, 2.45) is 0 Å². The normalized spacial score (nSPS) is 14.1. The van der Waals surface area contributed by atoms with Crippen LogP contribution in [0.15, 0.2) is 54.7 Å². The molecule has 0 aliphatic carbocycles. The van der Waals surface area contributed by atoms with Crippen molar-refractivity contribution in [2.75, 3.05) is 6.54 Å². The van der Waals surface area contributed by atoms with Crippen molar-refractivity contribution in [3.63, 3.8) is 0 Å². The molecule has 0 saturated carbocycles. The molecule has 4 nitrogen and oxygen atoms in total. The SMILES string of the molecule is Cc1ccc2c(ccn2CC(=O)N2CCc3[nH]c4ccccc4c3C2)c1. The molecule has 0 saturated heterocycles. The average Bonchev–Trinajstić information content (AvgIpc) is 3.22. The first kappa shape index (κ1) is 15.3. The van der Waals surface area contributed by atoms with Gasteiger partial charge in [-0.05, 0) is 36.6 Å². The largest absolute Gasteiger partial charge is 0.358 e. The summed E-state index contributed by atoms with van der Waals surface area (Å²) < 4.78 is 2.06. The second-order valence-electron chi connectivity index (χ2n) is 7.20. The Morgan fingerprint density at radius 3 is 2.96 bits per heavy atom. The zero-order valence-electron chi connectivity index (χ0n) is 14.8. The Hall–Kier alpha value is -3.01. The van der Waals surface area contributed by atoms with Gasteiger partial charge in [-0.1, -0.05) is 29.8 Å². The van der Waals surface area contributed by atoms with Crippen molar-refractivity contribution in [2.45, 2.75) is 26.4 Å². The third-order valence-electron chi connectivity index (χ3n) is 5.47. The predicted octanol–water partition coefficient (Wildman–Crippen LogP) is 4.02. The van der Waals surface area contributed by atoms with Gasteiger partial charge in [0.15, 0.2) is 0 Å². The Kier molecular flexibility index (Phi) is 3.38. The van der Waals surface area contributed by atoms with Crippen LogP contribution in [-0.2, 0) is 24.3 Å². The zero-order chi connectivity index (χ0) is 17.7. The molecule has 0 unspecified atom stereocenters. The van der Waals surface area contributed by atoms with Gasteiger partial charge in [-0.3, -0.25) is 4.79 Å². The highest BCUT2D eigenvalue weighted by Crippen LogP contribution is 2.28. The smallest absolute Gasteiger partial charge is 0.242 e. The molecule has 0 bridgehead atoms. The lowest BCUT2D eigenvalue weighted by atomic mass is 10.0. The minimum atomic E-state index is 0.180. The van der Waals surface area contributed by atoms with Crippen LogP contribution in [0.4, 0.5) is 0 Å². The van der Waals surface area contributed by atoms with Crippen molar-refractivity contribution in [3.8, 4) is 0 Å². The van der Waals surface area contributed by atoms with Crippen molar-refractivity contribution < 1.29 is 4.79 Å². The highest BCUT2D eigenvalue weighted by Gasteiger charge is 2.24. The molecular weight excluding hydrogens is 322 g/mol. The molecule has 3 heterocycles. The predicted molar refractivity (Wildman–Crippen MR) is 104 cm³/mol. The first-order chi connectivity index (χ1) is 12.7. The first-order valence-corrected chi connectivity index (χ1v) is 9.11. The fourth-order valence-corrected chi connectivity index (χ4v) is 4.08. The minimum absolute atomic E-state index is 0.180. The van der Waals surface area contributed by atoms with Gasteiger partial charge in [0.05, 0.1) is 0 Å². The maximum Gasteiger partial charge on any atom is 0.242 e. The molecule has 5 rings (SSSR count). The second kappa shape index (κ2) is 5.77. The lowest BCUT2D eigenvalue weighted by molar-refractivity contribution is -0.132. The number of H-pyrrole nitrogens is 1. The van der Waals surface area contributed by atoms with Crippen LogP contribution in [0.1, 0.15) is 16.8 Å². The van der Waals surface area contributed by atoms with E-state index in [1.54, 1.807) is 0 Å². The highest BCUT2D eigenvalue weighted by molar-refractivity contribution is 5.87. The molecule has 0 spiro atoms. The van der Waals surface area contributed by atoms with Gasteiger partial charge in [0.2, 0.25) is 5.91 Å². The van der Waals surface area contributed by atoms with Crippen LogP contribution in [0.3, 0.4) is 0 Å². The fourth-order valence-electron chi connectivity index (χ4n) is 4.08. The third kappa shape index (κ3) is 2.41. The Morgan fingerprint density at radius 1 is 1.15 bits per heavy atom. The van der Waals surface area contributed by atoms with Crippen LogP contribution in [0.5, 0.6) is 0 Å². The second-order valence-corrected chi connectivity index (χ2v) is 7.20. The molecule has 2 aromatic heterocycles. The van der Waals surface area contributed by atoms with E-state index in [0.717, 1.165) is 18.5 Å². The number of hydrogen-bond donors (Lipinski definition) is 1. The molecule has 0 fully saturated rings. The van der Waals surface area contributed by atoms with Gasteiger partial charge in [0.1, 0.15) is 6.54 Å². The number of aromatic amines is 1. The molecule has 0 atom stereocenters. The number of amides is 1. The van der Waals surface area contributed by atoms with E-state index >= 15 is 0 Å². The monoisotopic (exact) mass is 343 g/mol. The number of para-hydroxylation sites is 1. The number of aromatic nitrogens is 2. The number of rotatable bonds is 2. The van der Waals surface area contributed by atoms with E-state index in [1.807, 2.05) is 17.2 Å². The van der Waals surface area contributed by atoms with Crippen LogP contribution in [-0.4, -0.2) is 26.9 Å². The van der Waals surface area contributed by atoms with Crippen LogP contribution in [0.25, 0.3) is 21.8 Å². The topological polar surface area (TPSA) is 41.0 Å². The third-order valence-corrected chi connectivity index (χ3v) is 5.47.